The predicted molar refractivity (Wildman–Crippen MR) is 125 cm³/mol. The molecule has 0 radical (unpaired) electrons. The van der Waals surface area contributed by atoms with Gasteiger partial charge in [0.2, 0.25) is 0 Å². The number of aliphatic imine (C=N–C) groups is 1. The average molecular weight is 438 g/mol. The summed E-state index contributed by atoms with van der Waals surface area (Å²) in [5, 5.41) is 2.79. The molecule has 1 aromatic heterocycles. The number of ether oxygens (including phenoxy) is 2. The Morgan fingerprint density at radius 1 is 1.29 bits per heavy atom. The van der Waals surface area contributed by atoms with Gasteiger partial charge in [0.05, 0.1) is 11.6 Å². The number of halogens is 1. The lowest BCUT2D eigenvalue weighted by atomic mass is 9.74. The highest BCUT2D eigenvalue weighted by Gasteiger charge is 2.66. The van der Waals surface area contributed by atoms with E-state index in [2.05, 4.69) is 42.3 Å². The van der Waals surface area contributed by atoms with Gasteiger partial charge in [-0.3, -0.25) is 0 Å². The maximum absolute atomic E-state index is 6.51. The maximum atomic E-state index is 6.51. The van der Waals surface area contributed by atoms with Crippen LogP contribution in [0.3, 0.4) is 0 Å². The van der Waals surface area contributed by atoms with Gasteiger partial charge >= 0.3 is 0 Å². The largest absolute Gasteiger partial charge is 0.493 e. The van der Waals surface area contributed by atoms with Gasteiger partial charge in [0.15, 0.2) is 0 Å². The molecule has 3 aliphatic rings. The van der Waals surface area contributed by atoms with E-state index < -0.39 is 5.54 Å². The SMILES string of the molecule is C\C=C(/C=c1/c(Cl)c[nH]/c1=C\CCC)c1ccc2c(c1)C1(COC(N)=N1)C1(CC1)CO2. The van der Waals surface area contributed by atoms with E-state index in [9.17, 15) is 0 Å². The zero-order valence-electron chi connectivity index (χ0n) is 18.0. The fraction of sp³-hybridized carbons (Fsp3) is 0.400. The molecule has 1 aliphatic carbocycles. The summed E-state index contributed by atoms with van der Waals surface area (Å²) in [7, 11) is 0. The molecule has 2 aliphatic heterocycles. The number of allylic oxidation sites excluding steroid dienone is 2. The summed E-state index contributed by atoms with van der Waals surface area (Å²) in [6.07, 6.45) is 12.6. The molecule has 31 heavy (non-hydrogen) atoms. The zero-order chi connectivity index (χ0) is 21.6. The van der Waals surface area contributed by atoms with Crippen molar-refractivity contribution in [2.24, 2.45) is 16.1 Å². The van der Waals surface area contributed by atoms with E-state index in [1.54, 1.807) is 0 Å². The highest BCUT2D eigenvalue weighted by molar-refractivity contribution is 6.30. The molecule has 0 saturated heterocycles. The number of unbranched alkanes of at least 4 members (excludes halogenated alkanes) is 1. The van der Waals surface area contributed by atoms with Crippen LogP contribution < -0.4 is 21.0 Å². The fourth-order valence-electron chi connectivity index (χ4n) is 4.85. The molecule has 2 spiro atoms. The monoisotopic (exact) mass is 437 g/mol. The molecule has 3 heterocycles. The molecule has 1 fully saturated rings. The number of nitrogens with one attached hydrogen (secondary N) is 1. The van der Waals surface area contributed by atoms with Crippen molar-refractivity contribution in [1.82, 2.24) is 4.98 Å². The Morgan fingerprint density at radius 3 is 2.81 bits per heavy atom. The number of amidine groups is 1. The number of fused-ring (bicyclic) bond motifs is 3. The van der Waals surface area contributed by atoms with Crippen LogP contribution in [0, 0.1) is 5.41 Å². The Balaban J connectivity index is 1.62. The fourth-order valence-corrected chi connectivity index (χ4v) is 5.06. The molecule has 2 aromatic rings. The highest BCUT2D eigenvalue weighted by Crippen LogP contribution is 2.65. The standard InChI is InChI=1S/C25H28ClN3O2/c1-3-5-6-21-18(20(26)13-28-21)11-16(4-2)17-7-8-22-19(12-17)25(15-31-23(27)29-25)24(9-10-24)14-30-22/h4,6-8,11-13,28H,3,5,9-10,14-15H2,1-2H3,(H2,27,29)/b16-4+,18-11-,21-6-. The summed E-state index contributed by atoms with van der Waals surface area (Å²) in [6.45, 7) is 5.36. The van der Waals surface area contributed by atoms with Crippen LogP contribution in [-0.4, -0.2) is 24.2 Å². The third-order valence-electron chi connectivity index (χ3n) is 6.87. The van der Waals surface area contributed by atoms with Gasteiger partial charge in [-0.15, -0.1) is 0 Å². The Hall–Kier alpha value is -2.66. The van der Waals surface area contributed by atoms with Gasteiger partial charge in [0.25, 0.3) is 6.02 Å². The molecular formula is C25H28ClN3O2. The molecule has 1 aromatic carbocycles. The number of hydrogen-bond donors (Lipinski definition) is 2. The number of benzene rings is 1. The van der Waals surface area contributed by atoms with Gasteiger partial charge in [0, 0.05) is 27.7 Å². The lowest BCUT2D eigenvalue weighted by Gasteiger charge is -2.39. The van der Waals surface area contributed by atoms with Crippen LogP contribution in [0.15, 0.2) is 35.5 Å². The van der Waals surface area contributed by atoms with E-state index in [1.807, 2.05) is 19.2 Å². The summed E-state index contributed by atoms with van der Waals surface area (Å²) in [5.74, 6) is 0.871. The lowest BCUT2D eigenvalue weighted by molar-refractivity contribution is 0.0871. The van der Waals surface area contributed by atoms with E-state index in [1.165, 1.54) is 0 Å². The minimum absolute atomic E-state index is 0.00816. The second kappa shape index (κ2) is 7.49. The average Bonchev–Trinajstić information content (AvgIpc) is 3.34. The number of aromatic nitrogens is 1. The predicted octanol–water partition coefficient (Wildman–Crippen LogP) is 3.85. The number of hydrogen-bond acceptors (Lipinski definition) is 4. The van der Waals surface area contributed by atoms with Crippen molar-refractivity contribution in [2.75, 3.05) is 13.2 Å². The number of H-pyrrole nitrogens is 1. The molecule has 1 atom stereocenters. The number of rotatable bonds is 4. The molecule has 0 bridgehead atoms. The number of aromatic amines is 1. The van der Waals surface area contributed by atoms with E-state index in [-0.39, 0.29) is 11.4 Å². The van der Waals surface area contributed by atoms with Crippen molar-refractivity contribution in [3.05, 3.63) is 57.2 Å². The first-order valence-corrected chi connectivity index (χ1v) is 11.4. The van der Waals surface area contributed by atoms with Crippen LogP contribution in [0.4, 0.5) is 0 Å². The molecule has 5 nitrogen and oxygen atoms in total. The first kappa shape index (κ1) is 20.3. The molecule has 5 rings (SSSR count). The summed E-state index contributed by atoms with van der Waals surface area (Å²) < 4.78 is 11.8. The summed E-state index contributed by atoms with van der Waals surface area (Å²) in [4.78, 5) is 8.12. The minimum atomic E-state index is -0.453. The maximum Gasteiger partial charge on any atom is 0.283 e. The number of nitrogens with zero attached hydrogens (tertiary/aromatic N) is 1. The zero-order valence-corrected chi connectivity index (χ0v) is 18.8. The van der Waals surface area contributed by atoms with E-state index in [4.69, 9.17) is 31.8 Å². The second-order valence-electron chi connectivity index (χ2n) is 8.72. The van der Waals surface area contributed by atoms with Gasteiger partial charge in [0.1, 0.15) is 17.9 Å². The van der Waals surface area contributed by atoms with Crippen molar-refractivity contribution >= 4 is 35.3 Å². The van der Waals surface area contributed by atoms with Crippen molar-refractivity contribution in [1.29, 1.82) is 0 Å². The van der Waals surface area contributed by atoms with Crippen molar-refractivity contribution in [3.8, 4) is 5.75 Å². The Morgan fingerprint density at radius 2 is 2.13 bits per heavy atom. The van der Waals surface area contributed by atoms with E-state index >= 15 is 0 Å². The smallest absolute Gasteiger partial charge is 0.283 e. The topological polar surface area (TPSA) is 72.6 Å². The molecule has 1 saturated carbocycles. The molecule has 162 valence electrons. The van der Waals surface area contributed by atoms with Gasteiger partial charge in [-0.25, -0.2) is 4.99 Å². The molecule has 0 amide bonds. The first-order chi connectivity index (χ1) is 15.0. The van der Waals surface area contributed by atoms with Crippen molar-refractivity contribution in [2.45, 2.75) is 45.1 Å². The second-order valence-corrected chi connectivity index (χ2v) is 9.13. The molecule has 3 N–H and O–H groups in total. The Kier molecular flexibility index (Phi) is 4.89. The Labute approximate surface area is 187 Å². The van der Waals surface area contributed by atoms with Crippen LogP contribution >= 0.6 is 11.6 Å². The summed E-state index contributed by atoms with van der Waals surface area (Å²) in [6, 6.07) is 6.62. The van der Waals surface area contributed by atoms with Crippen LogP contribution in [0.25, 0.3) is 17.7 Å². The molecule has 1 unspecified atom stereocenters. The summed E-state index contributed by atoms with van der Waals surface area (Å²) in [5.41, 5.74) is 8.78. The molecule has 6 heteroatoms. The highest BCUT2D eigenvalue weighted by atomic mass is 35.5. The Bertz CT molecular complexity index is 1210. The molecular weight excluding hydrogens is 410 g/mol. The van der Waals surface area contributed by atoms with Gasteiger partial charge in [-0.1, -0.05) is 43.2 Å². The van der Waals surface area contributed by atoms with E-state index in [0.717, 1.165) is 63.7 Å². The van der Waals surface area contributed by atoms with Gasteiger partial charge < -0.3 is 20.2 Å². The van der Waals surface area contributed by atoms with Crippen LogP contribution in [0.1, 0.15) is 50.7 Å². The minimum Gasteiger partial charge on any atom is -0.493 e. The number of nitrogens with two attached hydrogens (primary N) is 1. The van der Waals surface area contributed by atoms with Crippen molar-refractivity contribution in [3.63, 3.8) is 0 Å². The first-order valence-electron chi connectivity index (χ1n) is 11.0. The van der Waals surface area contributed by atoms with Crippen LogP contribution in [-0.2, 0) is 10.3 Å². The third kappa shape index (κ3) is 3.18. The summed E-state index contributed by atoms with van der Waals surface area (Å²) >= 11 is 6.51. The van der Waals surface area contributed by atoms with Crippen molar-refractivity contribution < 1.29 is 9.47 Å². The third-order valence-corrected chi connectivity index (χ3v) is 7.19. The lowest BCUT2D eigenvalue weighted by Crippen LogP contribution is -2.44. The van der Waals surface area contributed by atoms with Crippen LogP contribution in [0.5, 0.6) is 5.75 Å². The van der Waals surface area contributed by atoms with Crippen LogP contribution in [0.2, 0.25) is 5.02 Å². The van der Waals surface area contributed by atoms with E-state index in [0.29, 0.717) is 13.2 Å². The van der Waals surface area contributed by atoms with Gasteiger partial charge in [-0.2, -0.15) is 0 Å². The normalized spacial score (nSPS) is 24.9. The van der Waals surface area contributed by atoms with Gasteiger partial charge in [-0.05, 0) is 55.5 Å². The quantitative estimate of drug-likeness (QED) is 0.763.